The van der Waals surface area contributed by atoms with Gasteiger partial charge in [-0.05, 0) is 17.7 Å². The zero-order valence-corrected chi connectivity index (χ0v) is 13.1. The molecule has 2 heterocycles. The highest BCUT2D eigenvalue weighted by Gasteiger charge is 2.31. The molecule has 3 atom stereocenters. The standard InChI is InChI=1S/C15H19N3S2/c1-10-15(20-9-8-19-10)14(18-16)12-4-2-6-13-11(12)5-3-7-17-13/h2-7,10,14-15,18H,8-9,16H2,1H3. The summed E-state index contributed by atoms with van der Waals surface area (Å²) in [7, 11) is 0. The van der Waals surface area contributed by atoms with E-state index in [2.05, 4.69) is 41.6 Å². The highest BCUT2D eigenvalue weighted by Crippen LogP contribution is 2.39. The molecule has 1 aliphatic heterocycles. The second-order valence-corrected chi connectivity index (χ2v) is 7.74. The van der Waals surface area contributed by atoms with Crippen LogP contribution < -0.4 is 11.3 Å². The van der Waals surface area contributed by atoms with E-state index in [1.165, 1.54) is 22.5 Å². The molecule has 0 saturated carbocycles. The van der Waals surface area contributed by atoms with E-state index in [4.69, 9.17) is 5.84 Å². The predicted octanol–water partition coefficient (Wildman–Crippen LogP) is 2.98. The van der Waals surface area contributed by atoms with Crippen LogP contribution in [0.5, 0.6) is 0 Å². The first kappa shape index (κ1) is 14.2. The van der Waals surface area contributed by atoms with Gasteiger partial charge in [-0.2, -0.15) is 23.5 Å². The van der Waals surface area contributed by atoms with Gasteiger partial charge in [0.25, 0.3) is 0 Å². The summed E-state index contributed by atoms with van der Waals surface area (Å²) in [5, 5.41) is 2.28. The fraction of sp³-hybridized carbons (Fsp3) is 0.400. The number of hydrogen-bond donors (Lipinski definition) is 2. The molecule has 1 fully saturated rings. The van der Waals surface area contributed by atoms with Crippen molar-refractivity contribution in [2.45, 2.75) is 23.5 Å². The first-order valence-electron chi connectivity index (χ1n) is 6.84. The number of benzene rings is 1. The van der Waals surface area contributed by atoms with Crippen molar-refractivity contribution in [3.8, 4) is 0 Å². The van der Waals surface area contributed by atoms with Crippen LogP contribution in [0.2, 0.25) is 0 Å². The lowest BCUT2D eigenvalue weighted by molar-refractivity contribution is 0.530. The second kappa shape index (κ2) is 6.35. The number of pyridine rings is 1. The Balaban J connectivity index is 2.02. The lowest BCUT2D eigenvalue weighted by atomic mass is 9.98. The molecule has 0 spiro atoms. The number of rotatable bonds is 3. The molecule has 0 amide bonds. The normalized spacial score (nSPS) is 24.7. The molecule has 0 aliphatic carbocycles. The molecule has 20 heavy (non-hydrogen) atoms. The van der Waals surface area contributed by atoms with Crippen molar-refractivity contribution < 1.29 is 0 Å². The third kappa shape index (κ3) is 2.68. The predicted molar refractivity (Wildman–Crippen MR) is 90.0 cm³/mol. The van der Waals surface area contributed by atoms with E-state index in [1.807, 2.05) is 35.8 Å². The van der Waals surface area contributed by atoms with E-state index in [0.717, 1.165) is 5.52 Å². The number of thioether (sulfide) groups is 2. The molecule has 106 valence electrons. The third-order valence-corrected chi connectivity index (χ3v) is 6.95. The van der Waals surface area contributed by atoms with Gasteiger partial charge in [0.2, 0.25) is 0 Å². The van der Waals surface area contributed by atoms with Gasteiger partial charge in [0, 0.05) is 33.6 Å². The number of fused-ring (bicyclic) bond motifs is 1. The highest BCUT2D eigenvalue weighted by molar-refractivity contribution is 8.07. The van der Waals surface area contributed by atoms with Gasteiger partial charge in [-0.3, -0.25) is 16.3 Å². The molecule has 5 heteroatoms. The fourth-order valence-electron chi connectivity index (χ4n) is 2.78. The number of aromatic nitrogens is 1. The Hall–Kier alpha value is -0.750. The first-order chi connectivity index (χ1) is 9.81. The maximum absolute atomic E-state index is 5.90. The molecule has 1 aromatic carbocycles. The van der Waals surface area contributed by atoms with Gasteiger partial charge in [0.15, 0.2) is 0 Å². The van der Waals surface area contributed by atoms with Gasteiger partial charge in [-0.1, -0.05) is 25.1 Å². The second-order valence-electron chi connectivity index (χ2n) is 4.97. The topological polar surface area (TPSA) is 50.9 Å². The Labute approximate surface area is 128 Å². The molecule has 3 rings (SSSR count). The molecular weight excluding hydrogens is 286 g/mol. The lowest BCUT2D eigenvalue weighted by Crippen LogP contribution is -2.41. The van der Waals surface area contributed by atoms with Crippen molar-refractivity contribution in [1.82, 2.24) is 10.4 Å². The van der Waals surface area contributed by atoms with Crippen LogP contribution in [0.1, 0.15) is 18.5 Å². The fourth-order valence-corrected chi connectivity index (χ4v) is 5.70. The van der Waals surface area contributed by atoms with Gasteiger partial charge < -0.3 is 0 Å². The quantitative estimate of drug-likeness (QED) is 0.674. The molecular formula is C15H19N3S2. The summed E-state index contributed by atoms with van der Waals surface area (Å²) in [5.41, 5.74) is 5.34. The summed E-state index contributed by atoms with van der Waals surface area (Å²) in [4.78, 5) is 4.44. The molecule has 1 saturated heterocycles. The van der Waals surface area contributed by atoms with Crippen molar-refractivity contribution in [1.29, 1.82) is 0 Å². The van der Waals surface area contributed by atoms with Crippen molar-refractivity contribution in [3.05, 3.63) is 42.1 Å². The smallest absolute Gasteiger partial charge is 0.0705 e. The van der Waals surface area contributed by atoms with Gasteiger partial charge in [-0.15, -0.1) is 0 Å². The van der Waals surface area contributed by atoms with E-state index in [0.29, 0.717) is 10.5 Å². The summed E-state index contributed by atoms with van der Waals surface area (Å²) in [6.07, 6.45) is 1.84. The number of nitrogens with zero attached hydrogens (tertiary/aromatic N) is 1. The summed E-state index contributed by atoms with van der Waals surface area (Å²) < 4.78 is 0. The number of nitrogens with two attached hydrogens (primary N) is 1. The summed E-state index contributed by atoms with van der Waals surface area (Å²) in [5.74, 6) is 8.32. The Morgan fingerprint density at radius 2 is 2.10 bits per heavy atom. The van der Waals surface area contributed by atoms with Crippen LogP contribution in [0.25, 0.3) is 10.9 Å². The molecule has 3 nitrogen and oxygen atoms in total. The number of nitrogens with one attached hydrogen (secondary N) is 1. The summed E-state index contributed by atoms with van der Waals surface area (Å²) >= 11 is 4.06. The Kier molecular flexibility index (Phi) is 4.51. The van der Waals surface area contributed by atoms with E-state index in [1.54, 1.807) is 0 Å². The van der Waals surface area contributed by atoms with Crippen LogP contribution in [0, 0.1) is 0 Å². The van der Waals surface area contributed by atoms with Crippen molar-refractivity contribution in [3.63, 3.8) is 0 Å². The zero-order chi connectivity index (χ0) is 13.9. The Morgan fingerprint density at radius 1 is 1.25 bits per heavy atom. The van der Waals surface area contributed by atoms with Crippen LogP contribution >= 0.6 is 23.5 Å². The Morgan fingerprint density at radius 3 is 2.90 bits per heavy atom. The van der Waals surface area contributed by atoms with Crippen LogP contribution in [0.3, 0.4) is 0 Å². The van der Waals surface area contributed by atoms with E-state index in [-0.39, 0.29) is 6.04 Å². The van der Waals surface area contributed by atoms with Crippen LogP contribution in [0.15, 0.2) is 36.5 Å². The van der Waals surface area contributed by atoms with Gasteiger partial charge in [0.1, 0.15) is 0 Å². The minimum Gasteiger partial charge on any atom is -0.271 e. The summed E-state index contributed by atoms with van der Waals surface area (Å²) in [6, 6.07) is 10.6. The minimum absolute atomic E-state index is 0.163. The number of hydrogen-bond acceptors (Lipinski definition) is 5. The molecule has 0 bridgehead atoms. The third-order valence-electron chi connectivity index (χ3n) is 3.76. The average molecular weight is 305 g/mol. The van der Waals surface area contributed by atoms with Crippen molar-refractivity contribution >= 4 is 34.4 Å². The molecule has 3 unspecified atom stereocenters. The minimum atomic E-state index is 0.163. The van der Waals surface area contributed by atoms with Crippen LogP contribution in [-0.2, 0) is 0 Å². The molecule has 1 aliphatic rings. The first-order valence-corrected chi connectivity index (χ1v) is 8.94. The van der Waals surface area contributed by atoms with Crippen LogP contribution in [-0.4, -0.2) is 27.0 Å². The largest absolute Gasteiger partial charge is 0.271 e. The lowest BCUT2D eigenvalue weighted by Gasteiger charge is -2.34. The molecule has 0 radical (unpaired) electrons. The monoisotopic (exact) mass is 305 g/mol. The van der Waals surface area contributed by atoms with Gasteiger partial charge in [-0.25, -0.2) is 0 Å². The van der Waals surface area contributed by atoms with Gasteiger partial charge >= 0.3 is 0 Å². The Bertz CT molecular complexity index is 585. The van der Waals surface area contributed by atoms with Crippen LogP contribution in [0.4, 0.5) is 0 Å². The van der Waals surface area contributed by atoms with E-state index in [9.17, 15) is 0 Å². The molecule has 2 aromatic rings. The summed E-state index contributed by atoms with van der Waals surface area (Å²) in [6.45, 7) is 2.30. The molecule has 3 N–H and O–H groups in total. The maximum Gasteiger partial charge on any atom is 0.0705 e. The zero-order valence-electron chi connectivity index (χ0n) is 11.5. The SMILES string of the molecule is CC1SCCSC1C(NN)c1cccc2ncccc12. The number of hydrazine groups is 1. The van der Waals surface area contributed by atoms with E-state index >= 15 is 0 Å². The molecule has 1 aromatic heterocycles. The maximum atomic E-state index is 5.90. The van der Waals surface area contributed by atoms with Crippen molar-refractivity contribution in [2.75, 3.05) is 11.5 Å². The highest BCUT2D eigenvalue weighted by atomic mass is 32.2. The average Bonchev–Trinajstić information content (AvgIpc) is 2.50. The van der Waals surface area contributed by atoms with Gasteiger partial charge in [0.05, 0.1) is 11.6 Å². The van der Waals surface area contributed by atoms with Crippen molar-refractivity contribution in [2.24, 2.45) is 5.84 Å². The van der Waals surface area contributed by atoms with E-state index < -0.39 is 0 Å².